The molecule has 6 heteroatoms. The molecule has 39 heavy (non-hydrogen) atoms. The van der Waals surface area contributed by atoms with Crippen molar-refractivity contribution in [1.29, 1.82) is 0 Å². The standard InChI is InChI=1S/C33H49N5O/c1-29(2)15-19-18(20(16-29)23-14-26(39)36-35-23)10-12-32(6)22(19)8-9-25-31(5)17-21-27(37-38-28(21)34)30(3,4)24(31)11-13-33(25,32)7/h8,14,18-20,24-25H,9-13,15-17H2,1-7H3,(H3,34,37,38)(H2,35,36,39)/t18-,19?,20+,24?,25?,31-,32+,33+/m0/s1. The predicted octanol–water partition coefficient (Wildman–Crippen LogP) is 6.85. The summed E-state index contributed by atoms with van der Waals surface area (Å²) in [5, 5.41) is 13.9. The molecule has 2 aromatic heterocycles. The molecule has 3 unspecified atom stereocenters. The number of nitrogens with zero attached hydrogens (tertiary/aromatic N) is 1. The first-order valence-corrected chi connectivity index (χ1v) is 15.5. The van der Waals surface area contributed by atoms with Crippen LogP contribution in [0.25, 0.3) is 0 Å². The zero-order valence-electron chi connectivity index (χ0n) is 25.1. The van der Waals surface area contributed by atoms with E-state index in [0.717, 1.165) is 18.5 Å². The smallest absolute Gasteiger partial charge is 0.264 e. The minimum Gasteiger partial charge on any atom is -0.382 e. The fraction of sp³-hybridized carbons (Fsp3) is 0.758. The number of aromatic amines is 3. The van der Waals surface area contributed by atoms with Gasteiger partial charge in [0.15, 0.2) is 0 Å². The largest absolute Gasteiger partial charge is 0.382 e. The number of H-pyrrole nitrogens is 3. The van der Waals surface area contributed by atoms with Crippen molar-refractivity contribution in [3.8, 4) is 0 Å². The molecule has 8 atom stereocenters. The highest BCUT2D eigenvalue weighted by atomic mass is 16.1. The highest BCUT2D eigenvalue weighted by Gasteiger charge is 2.67. The molecule has 5 N–H and O–H groups in total. The third-order valence-corrected chi connectivity index (χ3v) is 13.7. The van der Waals surface area contributed by atoms with E-state index in [9.17, 15) is 4.79 Å². The summed E-state index contributed by atoms with van der Waals surface area (Å²) in [6.45, 7) is 17.7. The molecule has 7 rings (SSSR count). The summed E-state index contributed by atoms with van der Waals surface area (Å²) in [7, 11) is 0. The van der Waals surface area contributed by atoms with E-state index in [-0.39, 0.29) is 32.6 Å². The molecule has 2 heterocycles. The van der Waals surface area contributed by atoms with Crippen LogP contribution in [-0.2, 0) is 11.8 Å². The molecule has 0 radical (unpaired) electrons. The van der Waals surface area contributed by atoms with Crippen molar-refractivity contribution in [2.75, 3.05) is 5.73 Å². The summed E-state index contributed by atoms with van der Waals surface area (Å²) in [6.07, 6.45) is 12.4. The van der Waals surface area contributed by atoms with Crippen LogP contribution in [0.2, 0.25) is 0 Å². The van der Waals surface area contributed by atoms with Crippen molar-refractivity contribution in [3.63, 3.8) is 0 Å². The number of allylic oxidation sites excluding steroid dienone is 2. The number of fused-ring (bicyclic) bond motifs is 8. The first-order valence-electron chi connectivity index (χ1n) is 15.5. The Labute approximate surface area is 233 Å². The SMILES string of the molecule is CC1(C)CC2C3=CCC4[C@@]5(C)Cc6c(N)n[nH]c6C(C)(C)C5CC[C@@]4(C)[C@]3(C)CC[C@@H]2[C@H](c2cc(=O)[nH][nH]2)C1. The first kappa shape index (κ1) is 25.7. The molecule has 0 aromatic carbocycles. The van der Waals surface area contributed by atoms with Gasteiger partial charge in [-0.1, -0.05) is 60.1 Å². The topological polar surface area (TPSA) is 103 Å². The van der Waals surface area contributed by atoms with E-state index in [1.165, 1.54) is 49.8 Å². The van der Waals surface area contributed by atoms with Gasteiger partial charge in [-0.15, -0.1) is 0 Å². The zero-order valence-corrected chi connectivity index (χ0v) is 25.1. The van der Waals surface area contributed by atoms with Crippen LogP contribution in [-0.4, -0.2) is 20.4 Å². The maximum Gasteiger partial charge on any atom is 0.264 e. The molecular formula is C33H49N5O. The Morgan fingerprint density at radius 3 is 2.41 bits per heavy atom. The normalized spacial score (nSPS) is 43.8. The quantitative estimate of drug-likeness (QED) is 0.303. The van der Waals surface area contributed by atoms with Crippen molar-refractivity contribution in [2.45, 2.75) is 111 Å². The average molecular weight is 532 g/mol. The van der Waals surface area contributed by atoms with E-state index in [0.29, 0.717) is 35.4 Å². The van der Waals surface area contributed by atoms with Gasteiger partial charge < -0.3 is 10.8 Å². The van der Waals surface area contributed by atoms with Crippen molar-refractivity contribution in [1.82, 2.24) is 20.4 Å². The molecule has 0 aliphatic heterocycles. The van der Waals surface area contributed by atoms with Crippen molar-refractivity contribution in [2.24, 2.45) is 45.3 Å². The highest BCUT2D eigenvalue weighted by Crippen LogP contribution is 2.74. The average Bonchev–Trinajstić information content (AvgIpc) is 3.44. The molecule has 0 spiro atoms. The van der Waals surface area contributed by atoms with Crippen LogP contribution >= 0.6 is 0 Å². The lowest BCUT2D eigenvalue weighted by Crippen LogP contribution is -2.63. The van der Waals surface area contributed by atoms with Gasteiger partial charge in [0, 0.05) is 34.4 Å². The van der Waals surface area contributed by atoms with Crippen LogP contribution < -0.4 is 11.3 Å². The van der Waals surface area contributed by atoms with Crippen LogP contribution in [0.5, 0.6) is 0 Å². The summed E-state index contributed by atoms with van der Waals surface area (Å²) in [5.74, 6) is 3.58. The Bertz CT molecular complexity index is 1410. The molecule has 3 fully saturated rings. The molecule has 2 aromatic rings. The van der Waals surface area contributed by atoms with Crippen LogP contribution in [0, 0.1) is 45.3 Å². The third-order valence-electron chi connectivity index (χ3n) is 13.7. The fourth-order valence-corrected chi connectivity index (χ4v) is 11.9. The molecule has 0 amide bonds. The van der Waals surface area contributed by atoms with Crippen LogP contribution in [0.1, 0.15) is 116 Å². The lowest BCUT2D eigenvalue weighted by Gasteiger charge is -2.70. The van der Waals surface area contributed by atoms with Crippen LogP contribution in [0.3, 0.4) is 0 Å². The number of anilines is 1. The number of hydrogen-bond acceptors (Lipinski definition) is 3. The number of nitrogens with two attached hydrogens (primary N) is 1. The maximum atomic E-state index is 12.1. The Kier molecular flexibility index (Phi) is 5.10. The summed E-state index contributed by atoms with van der Waals surface area (Å²) in [5.41, 5.74) is 12.9. The molecule has 0 saturated heterocycles. The number of nitrogens with one attached hydrogen (secondary N) is 3. The fourth-order valence-electron chi connectivity index (χ4n) is 11.9. The minimum atomic E-state index is -0.000335. The molecule has 0 bridgehead atoms. The number of nitrogen functional groups attached to an aromatic ring is 1. The van der Waals surface area contributed by atoms with Gasteiger partial charge in [0.25, 0.3) is 5.56 Å². The summed E-state index contributed by atoms with van der Waals surface area (Å²) >= 11 is 0. The highest BCUT2D eigenvalue weighted by molar-refractivity contribution is 5.49. The zero-order chi connectivity index (χ0) is 27.8. The van der Waals surface area contributed by atoms with Gasteiger partial charge in [0.2, 0.25) is 0 Å². The molecule has 212 valence electrons. The number of rotatable bonds is 1. The number of aromatic nitrogens is 4. The molecule has 3 saturated carbocycles. The predicted molar refractivity (Wildman–Crippen MR) is 156 cm³/mol. The van der Waals surface area contributed by atoms with E-state index in [2.05, 4.69) is 74.9 Å². The second kappa shape index (κ2) is 7.73. The van der Waals surface area contributed by atoms with Crippen LogP contribution in [0.4, 0.5) is 5.82 Å². The van der Waals surface area contributed by atoms with Gasteiger partial charge in [-0.25, -0.2) is 0 Å². The Morgan fingerprint density at radius 2 is 1.69 bits per heavy atom. The van der Waals surface area contributed by atoms with E-state index in [4.69, 9.17) is 5.73 Å². The van der Waals surface area contributed by atoms with E-state index in [1.54, 1.807) is 5.57 Å². The number of hydrogen-bond donors (Lipinski definition) is 4. The van der Waals surface area contributed by atoms with Crippen molar-refractivity contribution < 1.29 is 0 Å². The van der Waals surface area contributed by atoms with E-state index in [1.807, 2.05) is 6.07 Å². The Balaban J connectivity index is 1.31. The van der Waals surface area contributed by atoms with Crippen LogP contribution in [0.15, 0.2) is 22.5 Å². The second-order valence-corrected chi connectivity index (χ2v) is 16.4. The van der Waals surface area contributed by atoms with Crippen molar-refractivity contribution in [3.05, 3.63) is 45.0 Å². The lowest BCUT2D eigenvalue weighted by molar-refractivity contribution is -0.153. The minimum absolute atomic E-state index is 0.000335. The molecular weight excluding hydrogens is 482 g/mol. The van der Waals surface area contributed by atoms with Gasteiger partial charge in [-0.3, -0.25) is 15.0 Å². The van der Waals surface area contributed by atoms with Gasteiger partial charge in [-0.2, -0.15) is 5.10 Å². The molecule has 5 aliphatic carbocycles. The molecule has 5 aliphatic rings. The third kappa shape index (κ3) is 3.21. The Morgan fingerprint density at radius 1 is 0.949 bits per heavy atom. The monoisotopic (exact) mass is 531 g/mol. The second-order valence-electron chi connectivity index (χ2n) is 16.4. The van der Waals surface area contributed by atoms with E-state index < -0.39 is 0 Å². The van der Waals surface area contributed by atoms with E-state index >= 15 is 0 Å². The lowest BCUT2D eigenvalue weighted by atomic mass is 9.34. The van der Waals surface area contributed by atoms with Gasteiger partial charge in [0.05, 0.1) is 0 Å². The Hall–Kier alpha value is -2.24. The summed E-state index contributed by atoms with van der Waals surface area (Å²) < 4.78 is 0. The van der Waals surface area contributed by atoms with Crippen molar-refractivity contribution >= 4 is 5.82 Å². The summed E-state index contributed by atoms with van der Waals surface area (Å²) in [6, 6.07) is 1.83. The van der Waals surface area contributed by atoms with Gasteiger partial charge in [0.1, 0.15) is 5.82 Å². The van der Waals surface area contributed by atoms with Gasteiger partial charge >= 0.3 is 0 Å². The first-order chi connectivity index (χ1) is 18.2. The maximum absolute atomic E-state index is 12.1. The summed E-state index contributed by atoms with van der Waals surface area (Å²) in [4.78, 5) is 12.1. The van der Waals surface area contributed by atoms with Gasteiger partial charge in [-0.05, 0) is 96.7 Å². The molecule has 6 nitrogen and oxygen atoms in total.